The van der Waals surface area contributed by atoms with Crippen molar-refractivity contribution in [2.45, 2.75) is 6.92 Å². The molecule has 1 aliphatic rings. The van der Waals surface area contributed by atoms with E-state index in [1.165, 1.54) is 11.2 Å². The number of aromatic hydroxyl groups is 1. The van der Waals surface area contributed by atoms with Gasteiger partial charge in [0, 0.05) is 6.21 Å². The molecule has 110 valence electrons. The first kappa shape index (κ1) is 14.0. The maximum absolute atomic E-state index is 12.5. The zero-order valence-electron chi connectivity index (χ0n) is 12.0. The minimum atomic E-state index is -0.514. The Morgan fingerprint density at radius 1 is 1.14 bits per heavy atom. The van der Waals surface area contributed by atoms with Gasteiger partial charge in [-0.1, -0.05) is 30.3 Å². The number of phenols is 1. The van der Waals surface area contributed by atoms with Gasteiger partial charge < -0.3 is 5.11 Å². The molecule has 0 fully saturated rings. The summed E-state index contributed by atoms with van der Waals surface area (Å²) in [6, 6.07) is 16.0. The van der Waals surface area contributed by atoms with Crippen LogP contribution in [0.15, 0.2) is 64.7 Å². The summed E-state index contributed by atoms with van der Waals surface area (Å²) in [7, 11) is 0. The molecule has 1 N–H and O–H groups in total. The second kappa shape index (κ2) is 5.81. The number of amides is 1. The Kier molecular flexibility index (Phi) is 3.70. The van der Waals surface area contributed by atoms with Crippen LogP contribution in [0.5, 0.6) is 5.75 Å². The van der Waals surface area contributed by atoms with E-state index in [9.17, 15) is 9.90 Å². The summed E-state index contributed by atoms with van der Waals surface area (Å²) in [5.74, 6) is -0.582. The minimum absolute atomic E-state index is 0.0821. The fraction of sp³-hybridized carbons (Fsp3) is 0.118. The highest BCUT2D eigenvalue weighted by molar-refractivity contribution is 6.23. The molecule has 1 unspecified atom stereocenters. The second-order valence-electron chi connectivity index (χ2n) is 4.97. The third-order valence-corrected chi connectivity index (χ3v) is 3.43. The first-order valence-corrected chi connectivity index (χ1v) is 6.93. The standard InChI is InChI=1S/C17H15N3O2/c1-12-14(11-18-15-9-5-6-10-16(15)21)17(22)20(19-12)13-7-3-2-4-8-13/h2-11,14,21H,1H3. The molecule has 3 rings (SSSR count). The van der Waals surface area contributed by atoms with Gasteiger partial charge in [0.2, 0.25) is 0 Å². The van der Waals surface area contributed by atoms with Crippen LogP contribution in [-0.4, -0.2) is 22.9 Å². The fourth-order valence-corrected chi connectivity index (χ4v) is 2.23. The van der Waals surface area contributed by atoms with Gasteiger partial charge in [0.15, 0.2) is 0 Å². The zero-order chi connectivity index (χ0) is 15.5. The molecular weight excluding hydrogens is 278 g/mol. The lowest BCUT2D eigenvalue weighted by atomic mass is 10.1. The summed E-state index contributed by atoms with van der Waals surface area (Å²) in [5.41, 5.74) is 1.83. The van der Waals surface area contributed by atoms with Gasteiger partial charge in [-0.05, 0) is 31.2 Å². The minimum Gasteiger partial charge on any atom is -0.506 e. The lowest BCUT2D eigenvalue weighted by molar-refractivity contribution is -0.118. The molecule has 0 spiro atoms. The third kappa shape index (κ3) is 2.61. The van der Waals surface area contributed by atoms with Crippen molar-refractivity contribution in [2.75, 3.05) is 5.01 Å². The van der Waals surface area contributed by atoms with Crippen molar-refractivity contribution in [3.05, 3.63) is 54.6 Å². The van der Waals surface area contributed by atoms with Crippen LogP contribution in [0.3, 0.4) is 0 Å². The number of benzene rings is 2. The molecule has 2 aromatic carbocycles. The van der Waals surface area contributed by atoms with Crippen molar-refractivity contribution < 1.29 is 9.90 Å². The van der Waals surface area contributed by atoms with Crippen LogP contribution < -0.4 is 5.01 Å². The van der Waals surface area contributed by atoms with Crippen LogP contribution >= 0.6 is 0 Å². The number of aliphatic imine (C=N–C) groups is 1. The number of hydrogen-bond donors (Lipinski definition) is 1. The maximum Gasteiger partial charge on any atom is 0.261 e. The highest BCUT2D eigenvalue weighted by Gasteiger charge is 2.33. The first-order valence-electron chi connectivity index (χ1n) is 6.93. The van der Waals surface area contributed by atoms with Gasteiger partial charge in [-0.15, -0.1) is 0 Å². The SMILES string of the molecule is CC1=NN(c2ccccc2)C(=O)C1C=Nc1ccccc1O. The molecule has 22 heavy (non-hydrogen) atoms. The topological polar surface area (TPSA) is 65.3 Å². The van der Waals surface area contributed by atoms with E-state index in [2.05, 4.69) is 10.1 Å². The van der Waals surface area contributed by atoms with E-state index in [0.717, 1.165) is 5.69 Å². The molecule has 5 nitrogen and oxygen atoms in total. The molecular formula is C17H15N3O2. The number of anilines is 1. The number of phenolic OH excluding ortho intramolecular Hbond substituents is 1. The quantitative estimate of drug-likeness (QED) is 0.883. The van der Waals surface area contributed by atoms with Gasteiger partial charge in [0.05, 0.1) is 11.4 Å². The number of para-hydroxylation sites is 3. The van der Waals surface area contributed by atoms with E-state index in [1.807, 2.05) is 30.3 Å². The molecule has 0 saturated carbocycles. The van der Waals surface area contributed by atoms with Gasteiger partial charge in [-0.2, -0.15) is 10.1 Å². The summed E-state index contributed by atoms with van der Waals surface area (Å²) in [6.07, 6.45) is 1.53. The maximum atomic E-state index is 12.5. The van der Waals surface area contributed by atoms with Gasteiger partial charge >= 0.3 is 0 Å². The highest BCUT2D eigenvalue weighted by atomic mass is 16.3. The second-order valence-corrected chi connectivity index (χ2v) is 4.97. The molecule has 0 bridgehead atoms. The molecule has 5 heteroatoms. The Balaban J connectivity index is 1.83. The van der Waals surface area contributed by atoms with E-state index in [4.69, 9.17) is 0 Å². The summed E-state index contributed by atoms with van der Waals surface area (Å²) in [4.78, 5) is 16.7. The Labute approximate surface area is 128 Å². The molecule has 0 aliphatic carbocycles. The van der Waals surface area contributed by atoms with E-state index < -0.39 is 5.92 Å². The first-order chi connectivity index (χ1) is 10.7. The average Bonchev–Trinajstić information content (AvgIpc) is 2.82. The van der Waals surface area contributed by atoms with Crippen molar-refractivity contribution in [1.82, 2.24) is 0 Å². The number of carbonyl (C=O) groups is 1. The number of nitrogens with zero attached hydrogens (tertiary/aromatic N) is 3. The summed E-state index contributed by atoms with van der Waals surface area (Å²) >= 11 is 0. The van der Waals surface area contributed by atoms with Crippen molar-refractivity contribution in [3.8, 4) is 5.75 Å². The molecule has 1 amide bonds. The molecule has 0 radical (unpaired) electrons. The Morgan fingerprint density at radius 3 is 2.55 bits per heavy atom. The predicted octanol–water partition coefficient (Wildman–Crippen LogP) is 3.13. The summed E-state index contributed by atoms with van der Waals surface area (Å²) in [6.45, 7) is 1.79. The van der Waals surface area contributed by atoms with Crippen LogP contribution in [0.2, 0.25) is 0 Å². The average molecular weight is 293 g/mol. The summed E-state index contributed by atoms with van der Waals surface area (Å²) < 4.78 is 0. The van der Waals surface area contributed by atoms with Crippen molar-refractivity contribution in [1.29, 1.82) is 0 Å². The van der Waals surface area contributed by atoms with E-state index in [0.29, 0.717) is 11.4 Å². The van der Waals surface area contributed by atoms with Crippen molar-refractivity contribution in [3.63, 3.8) is 0 Å². The van der Waals surface area contributed by atoms with Gasteiger partial charge in [0.25, 0.3) is 5.91 Å². The normalized spacial score (nSPS) is 18.0. The Morgan fingerprint density at radius 2 is 1.82 bits per heavy atom. The van der Waals surface area contributed by atoms with Crippen molar-refractivity contribution in [2.24, 2.45) is 16.0 Å². The predicted molar refractivity (Wildman–Crippen MR) is 86.8 cm³/mol. The number of hydrogen-bond acceptors (Lipinski definition) is 4. The smallest absolute Gasteiger partial charge is 0.261 e. The van der Waals surface area contributed by atoms with Crippen LogP contribution in [0, 0.1) is 5.92 Å². The lowest BCUT2D eigenvalue weighted by Gasteiger charge is -2.12. The van der Waals surface area contributed by atoms with Gasteiger partial charge in [0.1, 0.15) is 17.4 Å². The number of hydrazone groups is 1. The summed E-state index contributed by atoms with van der Waals surface area (Å²) in [5, 5.41) is 15.4. The van der Waals surface area contributed by atoms with E-state index in [1.54, 1.807) is 31.2 Å². The van der Waals surface area contributed by atoms with E-state index in [-0.39, 0.29) is 11.7 Å². The Bertz CT molecular complexity index is 754. The highest BCUT2D eigenvalue weighted by Crippen LogP contribution is 2.26. The van der Waals surface area contributed by atoms with Crippen molar-refractivity contribution >= 4 is 29.2 Å². The Hall–Kier alpha value is -2.95. The molecule has 1 aliphatic heterocycles. The lowest BCUT2D eigenvalue weighted by Crippen LogP contribution is -2.27. The number of carbonyl (C=O) groups excluding carboxylic acids is 1. The third-order valence-electron chi connectivity index (χ3n) is 3.43. The largest absolute Gasteiger partial charge is 0.506 e. The zero-order valence-corrected chi connectivity index (χ0v) is 12.0. The van der Waals surface area contributed by atoms with Gasteiger partial charge in [-0.3, -0.25) is 9.79 Å². The van der Waals surface area contributed by atoms with Gasteiger partial charge in [-0.25, -0.2) is 0 Å². The van der Waals surface area contributed by atoms with Crippen LogP contribution in [0.25, 0.3) is 0 Å². The monoisotopic (exact) mass is 293 g/mol. The van der Waals surface area contributed by atoms with Crippen LogP contribution in [0.4, 0.5) is 11.4 Å². The molecule has 2 aromatic rings. The van der Waals surface area contributed by atoms with Crippen LogP contribution in [-0.2, 0) is 4.79 Å². The molecule has 1 atom stereocenters. The number of rotatable bonds is 3. The fourth-order valence-electron chi connectivity index (χ4n) is 2.23. The molecule has 0 aromatic heterocycles. The van der Waals surface area contributed by atoms with Crippen LogP contribution in [0.1, 0.15) is 6.92 Å². The molecule has 1 heterocycles. The van der Waals surface area contributed by atoms with E-state index >= 15 is 0 Å². The molecule has 0 saturated heterocycles.